The summed E-state index contributed by atoms with van der Waals surface area (Å²) in [6.07, 6.45) is 1.89. The molecule has 0 aliphatic rings. The van der Waals surface area contributed by atoms with Gasteiger partial charge in [-0.15, -0.1) is 0 Å². The van der Waals surface area contributed by atoms with Crippen LogP contribution in [0.1, 0.15) is 32.3 Å². The molecule has 23 heavy (non-hydrogen) atoms. The highest BCUT2D eigenvalue weighted by Gasteiger charge is 2.32. The molecular weight excluding hydrogens is 315 g/mol. The van der Waals surface area contributed by atoms with Crippen molar-refractivity contribution in [3.05, 3.63) is 35.9 Å². The summed E-state index contributed by atoms with van der Waals surface area (Å²) in [5.74, 6) is -0.423. The second-order valence-electron chi connectivity index (χ2n) is 5.24. The Labute approximate surface area is 138 Å². The van der Waals surface area contributed by atoms with E-state index in [0.29, 0.717) is 32.6 Å². The predicted molar refractivity (Wildman–Crippen MR) is 92.1 cm³/mol. The van der Waals surface area contributed by atoms with E-state index in [9.17, 15) is 9.36 Å². The highest BCUT2D eigenvalue weighted by molar-refractivity contribution is 7.59. The van der Waals surface area contributed by atoms with E-state index < -0.39 is 13.3 Å². The van der Waals surface area contributed by atoms with Crippen molar-refractivity contribution in [2.45, 2.75) is 33.3 Å². The summed E-state index contributed by atoms with van der Waals surface area (Å²) < 4.78 is 27.3. The molecule has 1 rings (SSSR count). The van der Waals surface area contributed by atoms with E-state index in [2.05, 4.69) is 4.52 Å². The number of rotatable bonds is 12. The van der Waals surface area contributed by atoms with Gasteiger partial charge in [0.2, 0.25) is 0 Å². The zero-order valence-electron chi connectivity index (χ0n) is 14.1. The van der Waals surface area contributed by atoms with Crippen LogP contribution in [0, 0.1) is 0 Å². The minimum atomic E-state index is -2.82. The van der Waals surface area contributed by atoms with Crippen LogP contribution in [0.15, 0.2) is 30.3 Å². The number of unbranched alkanes of at least 4 members (excludes halogenated alkanes) is 1. The molecule has 1 aromatic rings. The van der Waals surface area contributed by atoms with Crippen molar-refractivity contribution >= 4 is 13.3 Å². The standard InChI is InChI=1S/C17H27O5P/c1-3-21-17(18)15-23(19,22-4-2)13-9-8-12-20-14-16-10-6-5-7-11-16/h5-7,10-11H,3-4,8-9,12-15H2,1-2H3/p+1. The highest BCUT2D eigenvalue weighted by atomic mass is 31.2. The Balaban J connectivity index is 2.24. The number of carbonyl (C=O) groups excluding carboxylic acids is 1. The van der Waals surface area contributed by atoms with Gasteiger partial charge < -0.3 is 14.0 Å². The molecule has 0 spiro atoms. The molecule has 0 aliphatic carbocycles. The first-order valence-corrected chi connectivity index (χ1v) is 10.2. The van der Waals surface area contributed by atoms with Crippen molar-refractivity contribution in [2.24, 2.45) is 0 Å². The van der Waals surface area contributed by atoms with E-state index in [1.807, 2.05) is 37.3 Å². The summed E-state index contributed by atoms with van der Waals surface area (Å²) in [5, 5.41) is 0. The molecular formula is C17H28O5P+. The van der Waals surface area contributed by atoms with Crippen LogP contribution < -0.4 is 0 Å². The summed E-state index contributed by atoms with van der Waals surface area (Å²) in [4.78, 5) is 11.5. The molecule has 130 valence electrons. The second-order valence-corrected chi connectivity index (χ2v) is 7.97. The molecule has 0 fully saturated rings. The minimum absolute atomic E-state index is 0.0838. The molecule has 0 aromatic heterocycles. The molecule has 0 amide bonds. The number of hydrogen-bond acceptors (Lipinski definition) is 4. The average Bonchev–Trinajstić information content (AvgIpc) is 2.52. The molecule has 1 unspecified atom stereocenters. The number of hydrogen-bond donors (Lipinski definition) is 0. The first-order valence-electron chi connectivity index (χ1n) is 8.14. The molecule has 6 heteroatoms. The molecule has 5 nitrogen and oxygen atoms in total. The van der Waals surface area contributed by atoms with Crippen molar-refractivity contribution in [3.63, 3.8) is 0 Å². The van der Waals surface area contributed by atoms with Gasteiger partial charge >= 0.3 is 13.3 Å². The van der Waals surface area contributed by atoms with Crippen molar-refractivity contribution in [1.29, 1.82) is 0 Å². The van der Waals surface area contributed by atoms with Crippen LogP contribution in [0.25, 0.3) is 0 Å². The number of aliphatic hydroxyl groups is 1. The Morgan fingerprint density at radius 2 is 1.91 bits per heavy atom. The van der Waals surface area contributed by atoms with E-state index in [-0.39, 0.29) is 6.16 Å². The van der Waals surface area contributed by atoms with Gasteiger partial charge in [0, 0.05) is 13.5 Å². The summed E-state index contributed by atoms with van der Waals surface area (Å²) >= 11 is 0. The van der Waals surface area contributed by atoms with Gasteiger partial charge in [0.15, 0.2) is 6.16 Å². The number of benzene rings is 1. The van der Waals surface area contributed by atoms with Gasteiger partial charge in [-0.05, 0) is 25.3 Å². The van der Waals surface area contributed by atoms with E-state index in [1.165, 1.54) is 0 Å². The predicted octanol–water partition coefficient (Wildman–Crippen LogP) is 3.37. The van der Waals surface area contributed by atoms with Crippen LogP contribution in [-0.2, 0) is 25.4 Å². The molecule has 0 aliphatic heterocycles. The molecule has 0 saturated carbocycles. The molecule has 1 atom stereocenters. The topological polar surface area (TPSA) is 65.4 Å². The molecule has 0 heterocycles. The van der Waals surface area contributed by atoms with E-state index in [0.717, 1.165) is 18.4 Å². The van der Waals surface area contributed by atoms with Gasteiger partial charge in [0.25, 0.3) is 0 Å². The van der Waals surface area contributed by atoms with Gasteiger partial charge in [-0.2, -0.15) is 0 Å². The zero-order chi connectivity index (χ0) is 17.0. The Morgan fingerprint density at radius 3 is 2.57 bits per heavy atom. The number of ether oxygens (including phenoxy) is 2. The number of carbonyl (C=O) groups is 1. The van der Waals surface area contributed by atoms with E-state index >= 15 is 0 Å². The maximum Gasteiger partial charge on any atom is 0.343 e. The lowest BCUT2D eigenvalue weighted by Gasteiger charge is -2.13. The molecule has 1 N–H and O–H groups in total. The van der Waals surface area contributed by atoms with Gasteiger partial charge in [-0.25, -0.2) is 4.57 Å². The number of esters is 1. The van der Waals surface area contributed by atoms with Gasteiger partial charge in [0.05, 0.1) is 19.4 Å². The summed E-state index contributed by atoms with van der Waals surface area (Å²) in [6, 6.07) is 9.98. The zero-order valence-corrected chi connectivity index (χ0v) is 15.0. The monoisotopic (exact) mass is 343 g/mol. The third-order valence-electron chi connectivity index (χ3n) is 3.24. The lowest BCUT2D eigenvalue weighted by atomic mass is 10.2. The summed E-state index contributed by atoms with van der Waals surface area (Å²) in [6.45, 7) is 5.53. The van der Waals surface area contributed by atoms with E-state index in [4.69, 9.17) is 9.47 Å². The third-order valence-corrected chi connectivity index (χ3v) is 5.80. The maximum atomic E-state index is 12.6. The van der Waals surface area contributed by atoms with Crippen molar-refractivity contribution in [2.75, 3.05) is 32.1 Å². The van der Waals surface area contributed by atoms with Crippen LogP contribution in [0.3, 0.4) is 0 Å². The fourth-order valence-electron chi connectivity index (χ4n) is 2.19. The summed E-state index contributed by atoms with van der Waals surface area (Å²) in [7, 11) is -2.82. The van der Waals surface area contributed by atoms with Gasteiger partial charge in [0.1, 0.15) is 6.61 Å². The van der Waals surface area contributed by atoms with Crippen molar-refractivity contribution in [3.8, 4) is 0 Å². The third kappa shape index (κ3) is 8.89. The lowest BCUT2D eigenvalue weighted by Crippen LogP contribution is -2.15. The Bertz CT molecular complexity index is 489. The fourth-order valence-corrected chi connectivity index (χ4v) is 4.32. The average molecular weight is 343 g/mol. The van der Waals surface area contributed by atoms with Crippen LogP contribution in [0.5, 0.6) is 0 Å². The minimum Gasteiger partial charge on any atom is -0.465 e. The lowest BCUT2D eigenvalue weighted by molar-refractivity contribution is -0.140. The quantitative estimate of drug-likeness (QED) is 0.253. The molecule has 0 radical (unpaired) electrons. The molecule has 0 bridgehead atoms. The largest absolute Gasteiger partial charge is 0.465 e. The SMILES string of the molecule is CCOC(=O)CP(=O)(CCCCOCc1ccccc1)[OH+]CC. The van der Waals surface area contributed by atoms with Crippen LogP contribution in [0.4, 0.5) is 0 Å². The van der Waals surface area contributed by atoms with E-state index in [1.54, 1.807) is 6.92 Å². The normalized spacial score (nSPS) is 13.5. The smallest absolute Gasteiger partial charge is 0.343 e. The van der Waals surface area contributed by atoms with Crippen LogP contribution in [-0.4, -0.2) is 42.6 Å². The second kappa shape index (κ2) is 11.4. The van der Waals surface area contributed by atoms with Gasteiger partial charge in [-0.1, -0.05) is 30.3 Å². The maximum absolute atomic E-state index is 12.6. The highest BCUT2D eigenvalue weighted by Crippen LogP contribution is 2.45. The van der Waals surface area contributed by atoms with Crippen LogP contribution in [0.2, 0.25) is 0 Å². The Kier molecular flexibility index (Phi) is 9.85. The fraction of sp³-hybridized carbons (Fsp3) is 0.588. The summed E-state index contributed by atoms with van der Waals surface area (Å²) in [5.41, 5.74) is 1.14. The Morgan fingerprint density at radius 1 is 1.17 bits per heavy atom. The van der Waals surface area contributed by atoms with Crippen molar-refractivity contribution in [1.82, 2.24) is 0 Å². The first kappa shape index (κ1) is 19.9. The molecule has 0 saturated heterocycles. The van der Waals surface area contributed by atoms with Crippen LogP contribution >= 0.6 is 7.37 Å². The molecule has 1 aromatic carbocycles. The Hall–Kier alpha value is -1.16. The van der Waals surface area contributed by atoms with Gasteiger partial charge in [-0.3, -0.25) is 4.79 Å². The first-order chi connectivity index (χ1) is 11.1. The van der Waals surface area contributed by atoms with Crippen molar-refractivity contribution < 1.29 is 23.4 Å².